The van der Waals surface area contributed by atoms with Crippen molar-refractivity contribution in [3.8, 4) is 33.4 Å². The summed E-state index contributed by atoms with van der Waals surface area (Å²) in [6.07, 6.45) is 14.1. The topological polar surface area (TPSA) is 207 Å². The van der Waals surface area contributed by atoms with Crippen molar-refractivity contribution in [1.29, 1.82) is 0 Å². The van der Waals surface area contributed by atoms with Gasteiger partial charge in [-0.15, -0.1) is 0 Å². The molecule has 0 spiro atoms. The molecule has 12 heteroatoms. The van der Waals surface area contributed by atoms with Gasteiger partial charge in [0.2, 0.25) is 0 Å². The van der Waals surface area contributed by atoms with Crippen LogP contribution < -0.4 is 0 Å². The second-order valence-corrected chi connectivity index (χ2v) is 28.8. The van der Waals surface area contributed by atoms with Crippen molar-refractivity contribution in [2.45, 2.75) is 157 Å². The molecule has 0 atom stereocenters. The first-order valence-electron chi connectivity index (χ1n) is 29.1. The van der Waals surface area contributed by atoms with Gasteiger partial charge >= 0.3 is 23.9 Å². The van der Waals surface area contributed by atoms with Crippen LogP contribution in [-0.4, -0.2) is 64.2 Å². The summed E-state index contributed by atoms with van der Waals surface area (Å²) in [5, 5.41) is 39.5. The zero-order valence-corrected chi connectivity index (χ0v) is 53.0. The van der Waals surface area contributed by atoms with Crippen molar-refractivity contribution in [3.63, 3.8) is 0 Å². The molecule has 2 aliphatic heterocycles. The Morgan fingerprint density at radius 2 is 0.709 bits per heavy atom. The number of nitrogens with zero attached hydrogens (tertiary/aromatic N) is 2. The monoisotopic (exact) mass is 1150 g/mol. The fourth-order valence-electron chi connectivity index (χ4n) is 10.4. The number of H-pyrrole nitrogens is 2. The number of carboxylic acids is 4. The van der Waals surface area contributed by atoms with Gasteiger partial charge in [0.1, 0.15) is 11.1 Å². The molecule has 3 aromatic carbocycles. The number of carboxylic acid groups (broad SMARTS) is 4. The number of benzene rings is 3. The average molecular weight is 1160 g/mol. The second-order valence-electron chi connectivity index (χ2n) is 28.8. The Labute approximate surface area is 505 Å². The lowest BCUT2D eigenvalue weighted by atomic mass is 9.78. The molecule has 8 bridgehead atoms. The minimum absolute atomic E-state index is 0.229. The van der Waals surface area contributed by atoms with Crippen LogP contribution in [-0.2, 0) is 51.7 Å². The number of carbonyl (C=O) groups is 4. The highest BCUT2D eigenvalue weighted by Crippen LogP contribution is 2.44. The van der Waals surface area contributed by atoms with Crippen LogP contribution in [0.3, 0.4) is 0 Å². The number of hydrogen-bond donors (Lipinski definition) is 6. The number of nitrogens with one attached hydrogen (secondary N) is 2. The summed E-state index contributed by atoms with van der Waals surface area (Å²) in [6.45, 7) is 39.6. The summed E-state index contributed by atoms with van der Waals surface area (Å²) in [7, 11) is 0. The molecule has 0 aliphatic carbocycles. The summed E-state index contributed by atoms with van der Waals surface area (Å²) in [5.41, 5.74) is 14.7. The summed E-state index contributed by atoms with van der Waals surface area (Å²) in [5.74, 6) is -6.41. The largest absolute Gasteiger partial charge is 0.477 e. The number of aromatic amines is 2. The van der Waals surface area contributed by atoms with E-state index in [9.17, 15) is 39.6 Å². The molecule has 0 amide bonds. The van der Waals surface area contributed by atoms with Gasteiger partial charge < -0.3 is 30.4 Å². The van der Waals surface area contributed by atoms with E-state index in [4.69, 9.17) is 9.97 Å². The molecule has 5 heterocycles. The van der Waals surface area contributed by atoms with Crippen LogP contribution in [0.4, 0.5) is 0 Å². The van der Waals surface area contributed by atoms with E-state index in [0.717, 1.165) is 89.9 Å². The van der Waals surface area contributed by atoms with Crippen LogP contribution in [0, 0.1) is 0 Å². The summed E-state index contributed by atoms with van der Waals surface area (Å²) in [6, 6.07) is 28.1. The molecule has 0 radical (unpaired) electrons. The number of hydrogen-bond acceptors (Lipinski definition) is 6. The van der Waals surface area contributed by atoms with Gasteiger partial charge in [0.25, 0.3) is 0 Å². The second kappa shape index (κ2) is 22.8. The Morgan fingerprint density at radius 3 is 1.06 bits per heavy atom. The molecular weight excluding hydrogens is 1070 g/mol. The van der Waals surface area contributed by atoms with Gasteiger partial charge in [0.05, 0.1) is 22.8 Å². The van der Waals surface area contributed by atoms with Gasteiger partial charge in [-0.25, -0.2) is 29.1 Å². The molecule has 12 nitrogen and oxygen atoms in total. The molecule has 2 aliphatic rings. The SMILES string of the molecule is CC(C)(C)c1cc(-c2c3nc(c(-c4cc(C(C)(C)C)cc(C(C)(C)C)c4)c4ccc([nH]4)c(-c4cc(C(C)(C)C)cc(C(C)(C)C)c4)c4nc(cc5[nH]c2cc5/C=C/C=C(C(=O)O)C(=O)O)C(/C=C/C=C(C(=O)O)C(=O)O)=C4)C=C3)cc(C(C)(C)C)c1. The Morgan fingerprint density at radius 1 is 0.384 bits per heavy atom. The van der Waals surface area contributed by atoms with Crippen molar-refractivity contribution in [2.24, 2.45) is 0 Å². The molecule has 6 N–H and O–H groups in total. The molecule has 8 rings (SSSR count). The fraction of sp³-hybridized carbons (Fsp3) is 0.324. The molecule has 6 aromatic rings. The van der Waals surface area contributed by atoms with E-state index in [1.54, 1.807) is 12.2 Å². The average Bonchev–Trinajstić information content (AvgIpc) is 1.56. The quantitative estimate of drug-likeness (QED) is 0.0313. The first-order chi connectivity index (χ1) is 39.7. The van der Waals surface area contributed by atoms with Crippen LogP contribution in [0.1, 0.15) is 186 Å². The number of aliphatic carboxylic acids is 4. The molecule has 0 saturated carbocycles. The summed E-state index contributed by atoms with van der Waals surface area (Å²) < 4.78 is 0. The highest BCUT2D eigenvalue weighted by Gasteiger charge is 2.28. The van der Waals surface area contributed by atoms with E-state index < -0.39 is 35.0 Å². The maximum Gasteiger partial charge on any atom is 0.343 e. The highest BCUT2D eigenvalue weighted by atomic mass is 16.4. The minimum atomic E-state index is -1.60. The van der Waals surface area contributed by atoms with Gasteiger partial charge in [-0.3, -0.25) is 0 Å². The van der Waals surface area contributed by atoms with Gasteiger partial charge in [-0.1, -0.05) is 204 Å². The summed E-state index contributed by atoms with van der Waals surface area (Å²) >= 11 is 0. The first-order valence-corrected chi connectivity index (χ1v) is 29.1. The minimum Gasteiger partial charge on any atom is -0.477 e. The summed E-state index contributed by atoms with van der Waals surface area (Å²) in [4.78, 5) is 67.5. The van der Waals surface area contributed by atoms with Crippen molar-refractivity contribution < 1.29 is 39.6 Å². The van der Waals surface area contributed by atoms with Crippen LogP contribution in [0.5, 0.6) is 0 Å². The lowest BCUT2D eigenvalue weighted by Crippen LogP contribution is -2.16. The third-order valence-electron chi connectivity index (χ3n) is 15.8. The third kappa shape index (κ3) is 13.8. The molecule has 0 fully saturated rings. The Hall–Kier alpha value is -8.90. The van der Waals surface area contributed by atoms with E-state index in [1.165, 1.54) is 12.2 Å². The van der Waals surface area contributed by atoms with E-state index in [2.05, 4.69) is 207 Å². The van der Waals surface area contributed by atoms with E-state index in [0.29, 0.717) is 44.9 Å². The van der Waals surface area contributed by atoms with Crippen molar-refractivity contribution in [1.82, 2.24) is 19.9 Å². The van der Waals surface area contributed by atoms with E-state index in [-0.39, 0.29) is 32.5 Å². The molecular formula is C74H82N4O8. The Bertz CT molecular complexity index is 4030. The lowest BCUT2D eigenvalue weighted by molar-refractivity contribution is -0.142. The van der Waals surface area contributed by atoms with Gasteiger partial charge in [0.15, 0.2) is 0 Å². The number of aromatic nitrogens is 4. The van der Waals surface area contributed by atoms with Crippen molar-refractivity contribution in [2.75, 3.05) is 0 Å². The van der Waals surface area contributed by atoms with E-state index >= 15 is 0 Å². The zero-order valence-electron chi connectivity index (χ0n) is 53.0. The highest BCUT2D eigenvalue weighted by molar-refractivity contribution is 6.13. The zero-order chi connectivity index (χ0) is 63.6. The van der Waals surface area contributed by atoms with Gasteiger partial charge in [-0.05, 0) is 137 Å². The van der Waals surface area contributed by atoms with E-state index in [1.807, 2.05) is 24.3 Å². The normalized spacial score (nSPS) is 13.3. The standard InChI is InChI=1S/C74H82N4O8/c1-69(2,3)46-29-43(30-47(37-46)70(4,5)6)62-54-25-27-56(75-54)63(44-31-48(71(7,8)9)38-49(32-44)72(10,11)12)60-35-41(21-19-23-52(65(79)80)66(81)82)58(77-60)40-59-42(22-20-24-53(67(83)84)68(85)86)36-61(78-59)64(57-28-26-55(62)76-57)45-33-50(73(13,14)15)39-51(34-45)74(16,17)18/h19-40,75,78H,1-18H3,(H,79,80)(H,81,82)(H,83,84)(H,85,86)/b21-19+,22-20+,58-40?,59-40?,62-54?,62-55?,63-56?,63-60?,64-57?,64-61?. The van der Waals surface area contributed by atoms with Crippen LogP contribution >= 0.6 is 0 Å². The smallest absolute Gasteiger partial charge is 0.343 e. The molecule has 86 heavy (non-hydrogen) atoms. The van der Waals surface area contributed by atoms with Crippen LogP contribution in [0.25, 0.3) is 85.3 Å². The maximum absolute atomic E-state index is 12.2. The van der Waals surface area contributed by atoms with Crippen LogP contribution in [0.15, 0.2) is 120 Å². The predicted octanol–water partition coefficient (Wildman–Crippen LogP) is 17.6. The lowest BCUT2D eigenvalue weighted by Gasteiger charge is -2.26. The van der Waals surface area contributed by atoms with Crippen LogP contribution in [0.2, 0.25) is 0 Å². The Kier molecular flexibility index (Phi) is 16.8. The third-order valence-corrected chi connectivity index (χ3v) is 15.8. The predicted molar refractivity (Wildman–Crippen MR) is 351 cm³/mol. The number of allylic oxidation sites excluding steroid dienone is 6. The van der Waals surface area contributed by atoms with Gasteiger partial charge in [-0.2, -0.15) is 0 Å². The first kappa shape index (κ1) is 63.1. The molecule has 0 saturated heterocycles. The van der Waals surface area contributed by atoms with Crippen molar-refractivity contribution >= 4 is 75.8 Å². The fourth-order valence-corrected chi connectivity index (χ4v) is 10.4. The molecule has 0 unspecified atom stereocenters. The number of fused-ring (bicyclic) bond motifs is 8. The Balaban J connectivity index is 1.70. The maximum atomic E-state index is 12.2. The van der Waals surface area contributed by atoms with Gasteiger partial charge in [0, 0.05) is 49.9 Å². The molecule has 446 valence electrons. The number of rotatable bonds is 11. The molecule has 3 aromatic heterocycles. The van der Waals surface area contributed by atoms with Crippen molar-refractivity contribution in [3.05, 3.63) is 182 Å².